The van der Waals surface area contributed by atoms with Crippen molar-refractivity contribution >= 4 is 17.5 Å². The fourth-order valence-corrected chi connectivity index (χ4v) is 3.71. The third-order valence-corrected chi connectivity index (χ3v) is 4.89. The number of likely N-dealkylation sites (tertiary alicyclic amines) is 2. The Morgan fingerprint density at radius 1 is 1.14 bits per heavy atom. The summed E-state index contributed by atoms with van der Waals surface area (Å²) in [6.45, 7) is 4.07. The molecule has 0 atom stereocenters. The smallest absolute Gasteiger partial charge is 0.222 e. The van der Waals surface area contributed by atoms with Crippen LogP contribution in [0.2, 0.25) is 5.02 Å². The molecular formula is C17H23ClN2O. The van der Waals surface area contributed by atoms with E-state index in [-0.39, 0.29) is 0 Å². The summed E-state index contributed by atoms with van der Waals surface area (Å²) in [4.78, 5) is 16.6. The number of carbonyl (C=O) groups excluding carboxylic acids is 1. The predicted octanol–water partition coefficient (Wildman–Crippen LogP) is 3.32. The van der Waals surface area contributed by atoms with Crippen LogP contribution in [0.1, 0.15) is 37.7 Å². The van der Waals surface area contributed by atoms with E-state index in [0.717, 1.165) is 56.9 Å². The maximum atomic E-state index is 12.0. The van der Waals surface area contributed by atoms with E-state index in [2.05, 4.69) is 15.9 Å². The van der Waals surface area contributed by atoms with Crippen molar-refractivity contribution in [3.8, 4) is 0 Å². The normalized spacial score (nSPS) is 21.8. The van der Waals surface area contributed by atoms with E-state index >= 15 is 0 Å². The first kappa shape index (κ1) is 14.9. The Kier molecular flexibility index (Phi) is 4.81. The minimum absolute atomic E-state index is 0.370. The molecule has 2 saturated heterocycles. The Balaban J connectivity index is 1.52. The minimum atomic E-state index is 0.370. The Bertz CT molecular complexity index is 497. The number of hydrogen-bond acceptors (Lipinski definition) is 2. The Morgan fingerprint density at radius 2 is 1.95 bits per heavy atom. The molecule has 1 amide bonds. The number of amides is 1. The van der Waals surface area contributed by atoms with Crippen LogP contribution in [-0.4, -0.2) is 41.4 Å². The topological polar surface area (TPSA) is 23.6 Å². The van der Waals surface area contributed by atoms with Gasteiger partial charge in [0.05, 0.1) is 0 Å². The van der Waals surface area contributed by atoms with Crippen molar-refractivity contribution in [3.63, 3.8) is 0 Å². The Labute approximate surface area is 131 Å². The maximum absolute atomic E-state index is 12.0. The summed E-state index contributed by atoms with van der Waals surface area (Å²) >= 11 is 6.04. The number of carbonyl (C=O) groups is 1. The number of piperidine rings is 2. The molecule has 2 aliphatic rings. The second kappa shape index (κ2) is 6.80. The highest BCUT2D eigenvalue weighted by Crippen LogP contribution is 2.23. The first-order chi connectivity index (χ1) is 10.2. The predicted molar refractivity (Wildman–Crippen MR) is 85.3 cm³/mol. The van der Waals surface area contributed by atoms with E-state index in [1.165, 1.54) is 12.0 Å². The van der Waals surface area contributed by atoms with Crippen LogP contribution >= 0.6 is 11.6 Å². The van der Waals surface area contributed by atoms with Gasteiger partial charge in [0.2, 0.25) is 5.91 Å². The first-order valence-corrected chi connectivity index (χ1v) is 8.36. The second-order valence-electron chi connectivity index (χ2n) is 6.18. The number of nitrogens with zero attached hydrogens (tertiary/aromatic N) is 2. The zero-order chi connectivity index (χ0) is 14.7. The van der Waals surface area contributed by atoms with E-state index in [1.54, 1.807) is 0 Å². The van der Waals surface area contributed by atoms with Gasteiger partial charge in [0.15, 0.2) is 0 Å². The van der Waals surface area contributed by atoms with E-state index in [0.29, 0.717) is 11.9 Å². The third kappa shape index (κ3) is 3.78. The van der Waals surface area contributed by atoms with Crippen molar-refractivity contribution in [2.75, 3.05) is 19.6 Å². The van der Waals surface area contributed by atoms with Gasteiger partial charge >= 0.3 is 0 Å². The van der Waals surface area contributed by atoms with Crippen LogP contribution in [0.15, 0.2) is 24.3 Å². The second-order valence-corrected chi connectivity index (χ2v) is 6.62. The average molecular weight is 307 g/mol. The molecule has 0 radical (unpaired) electrons. The van der Waals surface area contributed by atoms with Crippen molar-refractivity contribution in [1.29, 1.82) is 0 Å². The van der Waals surface area contributed by atoms with Gasteiger partial charge in [-0.05, 0) is 43.4 Å². The summed E-state index contributed by atoms with van der Waals surface area (Å²) < 4.78 is 0. The fraction of sp³-hybridized carbons (Fsp3) is 0.588. The van der Waals surface area contributed by atoms with Gasteiger partial charge in [-0.2, -0.15) is 0 Å². The molecule has 0 bridgehead atoms. The van der Waals surface area contributed by atoms with Gasteiger partial charge in [0.1, 0.15) is 0 Å². The molecule has 0 N–H and O–H groups in total. The van der Waals surface area contributed by atoms with Crippen LogP contribution in [0.4, 0.5) is 0 Å². The van der Waals surface area contributed by atoms with E-state index < -0.39 is 0 Å². The van der Waals surface area contributed by atoms with Gasteiger partial charge in [0, 0.05) is 43.7 Å². The molecule has 1 aromatic carbocycles. The van der Waals surface area contributed by atoms with Crippen LogP contribution in [0, 0.1) is 0 Å². The lowest BCUT2D eigenvalue weighted by molar-refractivity contribution is -0.136. The van der Waals surface area contributed by atoms with Crippen molar-refractivity contribution < 1.29 is 4.79 Å². The van der Waals surface area contributed by atoms with Crippen LogP contribution in [0.5, 0.6) is 0 Å². The Hall–Kier alpha value is -1.06. The fourth-order valence-electron chi connectivity index (χ4n) is 3.50. The summed E-state index contributed by atoms with van der Waals surface area (Å²) in [7, 11) is 0. The molecule has 21 heavy (non-hydrogen) atoms. The van der Waals surface area contributed by atoms with Crippen molar-refractivity contribution in [2.24, 2.45) is 0 Å². The summed E-state index contributed by atoms with van der Waals surface area (Å²) in [5, 5.41) is 0.807. The largest absolute Gasteiger partial charge is 0.340 e. The van der Waals surface area contributed by atoms with E-state index in [4.69, 9.17) is 11.6 Å². The quantitative estimate of drug-likeness (QED) is 0.855. The van der Waals surface area contributed by atoms with Gasteiger partial charge in [-0.3, -0.25) is 9.69 Å². The molecule has 2 fully saturated rings. The van der Waals surface area contributed by atoms with Gasteiger partial charge in [0.25, 0.3) is 0 Å². The molecule has 0 saturated carbocycles. The lowest BCUT2D eigenvalue weighted by atomic mass is 9.99. The van der Waals surface area contributed by atoms with Crippen LogP contribution < -0.4 is 0 Å². The van der Waals surface area contributed by atoms with Crippen LogP contribution in [0.3, 0.4) is 0 Å². The third-order valence-electron chi connectivity index (χ3n) is 4.65. The molecule has 0 unspecified atom stereocenters. The number of rotatable bonds is 3. The molecule has 2 aliphatic heterocycles. The summed E-state index contributed by atoms with van der Waals surface area (Å²) in [5.41, 5.74) is 1.27. The van der Waals surface area contributed by atoms with Gasteiger partial charge in [-0.25, -0.2) is 0 Å². The molecular weight excluding hydrogens is 284 g/mol. The maximum Gasteiger partial charge on any atom is 0.222 e. The van der Waals surface area contributed by atoms with Crippen LogP contribution in [-0.2, 0) is 11.3 Å². The zero-order valence-corrected chi connectivity index (χ0v) is 13.2. The molecule has 0 aromatic heterocycles. The number of hydrogen-bond donors (Lipinski definition) is 0. The first-order valence-electron chi connectivity index (χ1n) is 7.98. The van der Waals surface area contributed by atoms with Gasteiger partial charge in [-0.15, -0.1) is 0 Å². The molecule has 2 heterocycles. The summed E-state index contributed by atoms with van der Waals surface area (Å²) in [6, 6.07) is 8.57. The Morgan fingerprint density at radius 3 is 2.67 bits per heavy atom. The molecule has 3 nitrogen and oxygen atoms in total. The number of halogens is 1. The van der Waals surface area contributed by atoms with E-state index in [9.17, 15) is 4.79 Å². The highest BCUT2D eigenvalue weighted by Gasteiger charge is 2.29. The summed E-state index contributed by atoms with van der Waals surface area (Å²) in [6.07, 6.45) is 5.21. The molecule has 114 valence electrons. The number of benzene rings is 1. The average Bonchev–Trinajstić information content (AvgIpc) is 2.49. The lowest BCUT2D eigenvalue weighted by Crippen LogP contribution is -2.48. The molecule has 0 aliphatic carbocycles. The highest BCUT2D eigenvalue weighted by atomic mass is 35.5. The molecule has 4 heteroatoms. The summed E-state index contributed by atoms with van der Waals surface area (Å²) in [5.74, 6) is 0.370. The van der Waals surface area contributed by atoms with Gasteiger partial charge < -0.3 is 4.90 Å². The van der Waals surface area contributed by atoms with Crippen LogP contribution in [0.25, 0.3) is 0 Å². The highest BCUT2D eigenvalue weighted by molar-refractivity contribution is 6.30. The lowest BCUT2D eigenvalue weighted by Gasteiger charge is -2.40. The van der Waals surface area contributed by atoms with Gasteiger partial charge in [-0.1, -0.05) is 23.7 Å². The zero-order valence-electron chi connectivity index (χ0n) is 12.4. The standard InChI is InChI=1S/C17H23ClN2O/c18-15-5-3-4-14(12-15)13-19-10-7-16(8-11-19)20-9-2-1-6-17(20)21/h3-5,12,16H,1-2,6-11,13H2. The molecule has 3 rings (SSSR count). The molecule has 1 aromatic rings. The van der Waals surface area contributed by atoms with Crippen molar-refractivity contribution in [3.05, 3.63) is 34.9 Å². The minimum Gasteiger partial charge on any atom is -0.340 e. The molecule has 0 spiro atoms. The van der Waals surface area contributed by atoms with E-state index in [1.807, 2.05) is 18.2 Å². The van der Waals surface area contributed by atoms with Crippen molar-refractivity contribution in [1.82, 2.24) is 9.80 Å². The van der Waals surface area contributed by atoms with Crippen molar-refractivity contribution in [2.45, 2.75) is 44.7 Å². The SMILES string of the molecule is O=C1CCCCN1C1CCN(Cc2cccc(Cl)c2)CC1. The monoisotopic (exact) mass is 306 g/mol.